The van der Waals surface area contributed by atoms with Crippen LogP contribution in [0.2, 0.25) is 0 Å². The van der Waals surface area contributed by atoms with Crippen molar-refractivity contribution in [2.75, 3.05) is 52.4 Å². The maximum absolute atomic E-state index is 4.77. The number of hydrogen-bond acceptors (Lipinski definition) is 3. The number of rotatable bonds is 8. The Morgan fingerprint density at radius 3 is 2.23 bits per heavy atom. The Balaban J connectivity index is 0.00000338. The SMILES string of the molecule is CCNC(=NCc1ccccc1CC)NCCN1CCN(CC)CC1.I. The molecule has 1 fully saturated rings. The zero-order valence-corrected chi connectivity index (χ0v) is 19.0. The number of aliphatic imine (C=N–C) groups is 1. The summed E-state index contributed by atoms with van der Waals surface area (Å²) in [4.78, 5) is 9.82. The molecule has 1 heterocycles. The van der Waals surface area contributed by atoms with Gasteiger partial charge >= 0.3 is 0 Å². The van der Waals surface area contributed by atoms with Crippen LogP contribution in [-0.4, -0.2) is 68.1 Å². The van der Waals surface area contributed by atoms with Gasteiger partial charge in [-0.25, -0.2) is 4.99 Å². The summed E-state index contributed by atoms with van der Waals surface area (Å²) < 4.78 is 0. The predicted octanol–water partition coefficient (Wildman–Crippen LogP) is 2.56. The molecule has 1 aliphatic rings. The molecule has 1 aromatic carbocycles. The van der Waals surface area contributed by atoms with Crippen molar-refractivity contribution >= 4 is 29.9 Å². The summed E-state index contributed by atoms with van der Waals surface area (Å²) in [7, 11) is 0. The van der Waals surface area contributed by atoms with E-state index in [9.17, 15) is 0 Å². The van der Waals surface area contributed by atoms with Crippen LogP contribution in [0, 0.1) is 0 Å². The van der Waals surface area contributed by atoms with E-state index in [1.807, 2.05) is 0 Å². The van der Waals surface area contributed by atoms with E-state index in [1.54, 1.807) is 0 Å². The summed E-state index contributed by atoms with van der Waals surface area (Å²) in [6.45, 7) is 16.1. The first-order valence-electron chi connectivity index (χ1n) is 9.80. The summed E-state index contributed by atoms with van der Waals surface area (Å²) in [5.74, 6) is 0.917. The largest absolute Gasteiger partial charge is 0.357 e. The molecule has 0 radical (unpaired) electrons. The van der Waals surface area contributed by atoms with Crippen molar-refractivity contribution < 1.29 is 0 Å². The zero-order valence-electron chi connectivity index (χ0n) is 16.6. The average Bonchev–Trinajstić information content (AvgIpc) is 2.66. The van der Waals surface area contributed by atoms with Gasteiger partial charge in [-0.1, -0.05) is 38.1 Å². The van der Waals surface area contributed by atoms with Crippen LogP contribution in [0.1, 0.15) is 31.9 Å². The summed E-state index contributed by atoms with van der Waals surface area (Å²) >= 11 is 0. The molecule has 0 unspecified atom stereocenters. The summed E-state index contributed by atoms with van der Waals surface area (Å²) in [6, 6.07) is 8.58. The van der Waals surface area contributed by atoms with Crippen LogP contribution in [-0.2, 0) is 13.0 Å². The third-order valence-corrected chi connectivity index (χ3v) is 4.88. The van der Waals surface area contributed by atoms with E-state index in [-0.39, 0.29) is 24.0 Å². The molecule has 2 N–H and O–H groups in total. The topological polar surface area (TPSA) is 42.9 Å². The van der Waals surface area contributed by atoms with E-state index in [4.69, 9.17) is 4.99 Å². The fourth-order valence-electron chi connectivity index (χ4n) is 3.22. The number of nitrogens with zero attached hydrogens (tertiary/aromatic N) is 3. The third kappa shape index (κ3) is 7.80. The smallest absolute Gasteiger partial charge is 0.191 e. The van der Waals surface area contributed by atoms with Crippen molar-refractivity contribution in [2.45, 2.75) is 33.7 Å². The molecule has 0 bridgehead atoms. The van der Waals surface area contributed by atoms with Crippen molar-refractivity contribution in [3.8, 4) is 0 Å². The minimum absolute atomic E-state index is 0. The van der Waals surface area contributed by atoms with Crippen LogP contribution in [0.3, 0.4) is 0 Å². The van der Waals surface area contributed by atoms with Gasteiger partial charge in [0.05, 0.1) is 6.54 Å². The molecule has 2 rings (SSSR count). The van der Waals surface area contributed by atoms with Gasteiger partial charge in [0, 0.05) is 45.8 Å². The first-order valence-corrected chi connectivity index (χ1v) is 9.80. The molecule has 6 heteroatoms. The first-order chi connectivity index (χ1) is 12.3. The van der Waals surface area contributed by atoms with E-state index in [2.05, 4.69) is 65.5 Å². The molecule has 5 nitrogen and oxygen atoms in total. The lowest BCUT2D eigenvalue weighted by Crippen LogP contribution is -2.49. The van der Waals surface area contributed by atoms with Crippen LogP contribution < -0.4 is 10.6 Å². The molecule has 148 valence electrons. The van der Waals surface area contributed by atoms with Gasteiger partial charge in [-0.3, -0.25) is 4.90 Å². The van der Waals surface area contributed by atoms with Crippen LogP contribution in [0.25, 0.3) is 0 Å². The van der Waals surface area contributed by atoms with Gasteiger partial charge in [0.25, 0.3) is 0 Å². The standard InChI is InChI=1S/C20H35N5.HI/c1-4-18-9-7-8-10-19(18)17-23-20(21-5-2)22-11-12-25-15-13-24(6-3)14-16-25;/h7-10H,4-6,11-17H2,1-3H3,(H2,21,22,23);1H. The molecule has 26 heavy (non-hydrogen) atoms. The van der Waals surface area contributed by atoms with E-state index in [0.717, 1.165) is 38.6 Å². The summed E-state index contributed by atoms with van der Waals surface area (Å²) in [5.41, 5.74) is 2.70. The first kappa shape index (κ1) is 23.2. The lowest BCUT2D eigenvalue weighted by Gasteiger charge is -2.34. The number of hydrogen-bond donors (Lipinski definition) is 2. The molecule has 0 aromatic heterocycles. The Hall–Kier alpha value is -0.860. The minimum atomic E-state index is 0. The number of piperazine rings is 1. The second-order valence-corrected chi connectivity index (χ2v) is 6.52. The monoisotopic (exact) mass is 473 g/mol. The number of aryl methyl sites for hydroxylation is 1. The lowest BCUT2D eigenvalue weighted by molar-refractivity contribution is 0.139. The molecule has 0 aliphatic carbocycles. The Morgan fingerprint density at radius 2 is 1.62 bits per heavy atom. The summed E-state index contributed by atoms with van der Waals surface area (Å²) in [5, 5.41) is 6.84. The van der Waals surface area contributed by atoms with Crippen molar-refractivity contribution in [1.82, 2.24) is 20.4 Å². The fourth-order valence-corrected chi connectivity index (χ4v) is 3.22. The Bertz CT molecular complexity index is 527. The Labute approximate surface area is 176 Å². The molecule has 1 aromatic rings. The highest BCUT2D eigenvalue weighted by atomic mass is 127. The van der Waals surface area contributed by atoms with Gasteiger partial charge in [-0.15, -0.1) is 24.0 Å². The van der Waals surface area contributed by atoms with Gasteiger partial charge in [0.1, 0.15) is 0 Å². The van der Waals surface area contributed by atoms with Crippen LogP contribution in [0.5, 0.6) is 0 Å². The highest BCUT2D eigenvalue weighted by molar-refractivity contribution is 14.0. The lowest BCUT2D eigenvalue weighted by atomic mass is 10.1. The van der Waals surface area contributed by atoms with Crippen LogP contribution in [0.4, 0.5) is 0 Å². The predicted molar refractivity (Wildman–Crippen MR) is 123 cm³/mol. The van der Waals surface area contributed by atoms with Crippen molar-refractivity contribution in [3.05, 3.63) is 35.4 Å². The number of nitrogens with one attached hydrogen (secondary N) is 2. The van der Waals surface area contributed by atoms with Crippen molar-refractivity contribution in [3.63, 3.8) is 0 Å². The third-order valence-electron chi connectivity index (χ3n) is 4.88. The highest BCUT2D eigenvalue weighted by Crippen LogP contribution is 2.10. The quantitative estimate of drug-likeness (QED) is 0.346. The Morgan fingerprint density at radius 1 is 0.962 bits per heavy atom. The van der Waals surface area contributed by atoms with E-state index in [1.165, 1.54) is 43.9 Å². The van der Waals surface area contributed by atoms with Crippen LogP contribution >= 0.6 is 24.0 Å². The normalized spacial score (nSPS) is 16.2. The molecular formula is C20H36IN5. The van der Waals surface area contributed by atoms with E-state index in [0.29, 0.717) is 0 Å². The molecule has 1 saturated heterocycles. The van der Waals surface area contributed by atoms with E-state index >= 15 is 0 Å². The average molecular weight is 473 g/mol. The fraction of sp³-hybridized carbons (Fsp3) is 0.650. The second-order valence-electron chi connectivity index (χ2n) is 6.52. The number of guanidine groups is 1. The van der Waals surface area contributed by atoms with Gasteiger partial charge in [-0.05, 0) is 31.0 Å². The maximum Gasteiger partial charge on any atom is 0.191 e. The molecule has 0 spiro atoms. The number of benzene rings is 1. The van der Waals surface area contributed by atoms with Gasteiger partial charge in [0.2, 0.25) is 0 Å². The van der Waals surface area contributed by atoms with Gasteiger partial charge in [0.15, 0.2) is 5.96 Å². The Kier molecular flexibility index (Phi) is 11.9. The van der Waals surface area contributed by atoms with Gasteiger partial charge < -0.3 is 15.5 Å². The van der Waals surface area contributed by atoms with Crippen molar-refractivity contribution in [2.24, 2.45) is 4.99 Å². The maximum atomic E-state index is 4.77. The second kappa shape index (κ2) is 13.3. The molecule has 0 atom stereocenters. The molecule has 0 amide bonds. The molecule has 0 saturated carbocycles. The summed E-state index contributed by atoms with van der Waals surface area (Å²) in [6.07, 6.45) is 1.05. The van der Waals surface area contributed by atoms with E-state index < -0.39 is 0 Å². The number of halogens is 1. The van der Waals surface area contributed by atoms with Crippen LogP contribution in [0.15, 0.2) is 29.3 Å². The van der Waals surface area contributed by atoms with Gasteiger partial charge in [-0.2, -0.15) is 0 Å². The van der Waals surface area contributed by atoms with Crippen molar-refractivity contribution in [1.29, 1.82) is 0 Å². The number of likely N-dealkylation sites (N-methyl/N-ethyl adjacent to an activating group) is 1. The zero-order chi connectivity index (χ0) is 17.9. The molecule has 1 aliphatic heterocycles. The minimum Gasteiger partial charge on any atom is -0.357 e. The highest BCUT2D eigenvalue weighted by Gasteiger charge is 2.14. The molecular weight excluding hydrogens is 437 g/mol.